The van der Waals surface area contributed by atoms with Crippen molar-refractivity contribution in [3.63, 3.8) is 0 Å². The van der Waals surface area contributed by atoms with Gasteiger partial charge in [0.15, 0.2) is 0 Å². The van der Waals surface area contributed by atoms with Gasteiger partial charge in [-0.2, -0.15) is 0 Å². The molecule has 0 spiro atoms. The molecule has 0 unspecified atom stereocenters. The quantitative estimate of drug-likeness (QED) is 0.661. The van der Waals surface area contributed by atoms with Crippen LogP contribution in [-0.4, -0.2) is 46.2 Å². The van der Waals surface area contributed by atoms with Crippen molar-refractivity contribution in [1.82, 2.24) is 14.8 Å². The Balaban J connectivity index is 1.53. The average Bonchev–Trinajstić information content (AvgIpc) is 3.45. The van der Waals surface area contributed by atoms with E-state index in [2.05, 4.69) is 4.98 Å². The number of benzene rings is 1. The van der Waals surface area contributed by atoms with Crippen molar-refractivity contribution in [3.8, 4) is 0 Å². The van der Waals surface area contributed by atoms with Gasteiger partial charge in [-0.3, -0.25) is 9.59 Å². The number of hydrogen-bond donors (Lipinski definition) is 0. The van der Waals surface area contributed by atoms with Crippen molar-refractivity contribution >= 4 is 44.7 Å². The minimum absolute atomic E-state index is 0.0100. The molecule has 4 rings (SSSR count). The average molecular weight is 400 g/mol. The van der Waals surface area contributed by atoms with E-state index in [9.17, 15) is 9.59 Å². The molecule has 3 aromatic rings. The van der Waals surface area contributed by atoms with Crippen molar-refractivity contribution < 1.29 is 9.59 Å². The number of likely N-dealkylation sites (N-methyl/N-ethyl adjacent to an activating group) is 1. The molecule has 1 fully saturated rings. The van der Waals surface area contributed by atoms with Crippen LogP contribution >= 0.6 is 22.7 Å². The number of aromatic nitrogens is 1. The molecule has 0 N–H and O–H groups in total. The molecule has 1 aliphatic heterocycles. The van der Waals surface area contributed by atoms with Crippen LogP contribution in [0.15, 0.2) is 41.8 Å². The Kier molecular flexibility index (Phi) is 4.97. The molecule has 7 heteroatoms. The van der Waals surface area contributed by atoms with Crippen LogP contribution in [0.3, 0.4) is 0 Å². The van der Waals surface area contributed by atoms with E-state index in [1.807, 2.05) is 55.7 Å². The highest BCUT2D eigenvalue weighted by Gasteiger charge is 2.37. The molecule has 2 amide bonds. The fourth-order valence-electron chi connectivity index (χ4n) is 3.47. The number of amides is 2. The maximum Gasteiger partial charge on any atom is 0.264 e. The molecular formula is C20H21N3O2S2. The summed E-state index contributed by atoms with van der Waals surface area (Å²) >= 11 is 3.04. The summed E-state index contributed by atoms with van der Waals surface area (Å²) in [5, 5.41) is 2.81. The van der Waals surface area contributed by atoms with Gasteiger partial charge in [-0.05, 0) is 43.3 Å². The number of para-hydroxylation sites is 1. The zero-order valence-corrected chi connectivity index (χ0v) is 16.9. The van der Waals surface area contributed by atoms with Gasteiger partial charge in [-0.15, -0.1) is 22.7 Å². The van der Waals surface area contributed by atoms with Gasteiger partial charge in [0.1, 0.15) is 11.0 Å². The third kappa shape index (κ3) is 3.37. The number of fused-ring (bicyclic) bond motifs is 1. The van der Waals surface area contributed by atoms with Crippen molar-refractivity contribution in [1.29, 1.82) is 0 Å². The normalized spacial score (nSPS) is 18.0. The van der Waals surface area contributed by atoms with Crippen LogP contribution in [-0.2, 0) is 4.79 Å². The number of carbonyl (C=O) groups is 2. The molecular weight excluding hydrogens is 378 g/mol. The van der Waals surface area contributed by atoms with Crippen LogP contribution in [0.5, 0.6) is 0 Å². The lowest BCUT2D eigenvalue weighted by Crippen LogP contribution is -2.47. The standard InChI is InChI=1S/C20H21N3O2S2/c1-13(18-21-14-7-3-4-9-16(14)27-18)22(2)19(24)15-8-5-11-23(15)20(25)17-10-6-12-26-17/h3-4,6-7,9-10,12-13,15H,5,8,11H2,1-2H3/t13-,15+/m0/s1. The van der Waals surface area contributed by atoms with Gasteiger partial charge in [-0.25, -0.2) is 4.98 Å². The lowest BCUT2D eigenvalue weighted by molar-refractivity contribution is -0.135. The SMILES string of the molecule is C[C@@H](c1nc2ccccc2s1)N(C)C(=O)[C@H]1CCCN1C(=O)c1cccs1. The zero-order valence-electron chi connectivity index (χ0n) is 15.3. The van der Waals surface area contributed by atoms with E-state index in [-0.39, 0.29) is 23.9 Å². The summed E-state index contributed by atoms with van der Waals surface area (Å²) in [5.41, 5.74) is 0.959. The Morgan fingerprint density at radius 3 is 2.81 bits per heavy atom. The first-order valence-electron chi connectivity index (χ1n) is 9.03. The van der Waals surface area contributed by atoms with Crippen LogP contribution < -0.4 is 0 Å². The fourth-order valence-corrected chi connectivity index (χ4v) is 5.21. The number of thiophene rings is 1. The highest BCUT2D eigenvalue weighted by Crippen LogP contribution is 2.31. The van der Waals surface area contributed by atoms with Crippen LogP contribution in [0.1, 0.15) is 40.5 Å². The maximum absolute atomic E-state index is 13.2. The summed E-state index contributed by atoms with van der Waals surface area (Å²) in [4.78, 5) is 34.8. The molecule has 2 atom stereocenters. The number of carbonyl (C=O) groups excluding carboxylic acids is 2. The van der Waals surface area contributed by atoms with Crippen molar-refractivity contribution in [2.24, 2.45) is 0 Å². The highest BCUT2D eigenvalue weighted by molar-refractivity contribution is 7.18. The van der Waals surface area contributed by atoms with Gasteiger partial charge in [0.05, 0.1) is 21.1 Å². The summed E-state index contributed by atoms with van der Waals surface area (Å²) in [7, 11) is 1.81. The molecule has 0 saturated carbocycles. The Hall–Kier alpha value is -2.25. The van der Waals surface area contributed by atoms with Crippen LogP contribution in [0.25, 0.3) is 10.2 Å². The zero-order chi connectivity index (χ0) is 19.0. The summed E-state index contributed by atoms with van der Waals surface area (Å²) in [6.07, 6.45) is 1.57. The van der Waals surface area contributed by atoms with Crippen LogP contribution in [0.4, 0.5) is 0 Å². The molecule has 0 aliphatic carbocycles. The Morgan fingerprint density at radius 1 is 1.26 bits per heavy atom. The molecule has 2 aromatic heterocycles. The lowest BCUT2D eigenvalue weighted by Gasteiger charge is -2.30. The molecule has 1 saturated heterocycles. The van der Waals surface area contributed by atoms with E-state index in [0.717, 1.165) is 21.6 Å². The van der Waals surface area contributed by atoms with Gasteiger partial charge in [0.2, 0.25) is 5.91 Å². The summed E-state index contributed by atoms with van der Waals surface area (Å²) < 4.78 is 1.12. The van der Waals surface area contributed by atoms with Gasteiger partial charge in [0, 0.05) is 13.6 Å². The minimum atomic E-state index is -0.388. The number of likely N-dealkylation sites (tertiary alicyclic amines) is 1. The molecule has 0 radical (unpaired) electrons. The molecule has 5 nitrogen and oxygen atoms in total. The monoisotopic (exact) mass is 399 g/mol. The Bertz CT molecular complexity index is 934. The van der Waals surface area contributed by atoms with Gasteiger partial charge >= 0.3 is 0 Å². The largest absolute Gasteiger partial charge is 0.335 e. The van der Waals surface area contributed by atoms with E-state index < -0.39 is 0 Å². The molecule has 0 bridgehead atoms. The third-order valence-corrected chi connectivity index (χ3v) is 7.19. The summed E-state index contributed by atoms with van der Waals surface area (Å²) in [6, 6.07) is 11.2. The van der Waals surface area contributed by atoms with Crippen molar-refractivity contribution in [2.45, 2.75) is 31.8 Å². The number of rotatable bonds is 4. The predicted molar refractivity (Wildman–Crippen MR) is 109 cm³/mol. The first-order valence-corrected chi connectivity index (χ1v) is 10.7. The third-order valence-electron chi connectivity index (χ3n) is 5.13. The highest BCUT2D eigenvalue weighted by atomic mass is 32.1. The topological polar surface area (TPSA) is 53.5 Å². The number of nitrogens with zero attached hydrogens (tertiary/aromatic N) is 3. The van der Waals surface area contributed by atoms with Gasteiger partial charge < -0.3 is 9.80 Å². The molecule has 3 heterocycles. The molecule has 1 aromatic carbocycles. The number of thiazole rings is 1. The van der Waals surface area contributed by atoms with Gasteiger partial charge in [0.25, 0.3) is 5.91 Å². The molecule has 27 heavy (non-hydrogen) atoms. The van der Waals surface area contributed by atoms with E-state index in [4.69, 9.17) is 0 Å². The summed E-state index contributed by atoms with van der Waals surface area (Å²) in [6.45, 7) is 2.63. The smallest absolute Gasteiger partial charge is 0.264 e. The van der Waals surface area contributed by atoms with Crippen LogP contribution in [0.2, 0.25) is 0 Å². The number of hydrogen-bond acceptors (Lipinski definition) is 5. The predicted octanol–water partition coefficient (Wildman–Crippen LogP) is 4.18. The maximum atomic E-state index is 13.2. The van der Waals surface area contributed by atoms with Crippen molar-refractivity contribution in [2.75, 3.05) is 13.6 Å². The van der Waals surface area contributed by atoms with Crippen LogP contribution in [0, 0.1) is 0 Å². The molecule has 140 valence electrons. The Labute approximate surface area is 166 Å². The summed E-state index contributed by atoms with van der Waals surface area (Å²) in [5.74, 6) is -0.0500. The van der Waals surface area contributed by atoms with Gasteiger partial charge in [-0.1, -0.05) is 18.2 Å². The minimum Gasteiger partial charge on any atom is -0.335 e. The Morgan fingerprint density at radius 2 is 2.07 bits per heavy atom. The molecule has 1 aliphatic rings. The van der Waals surface area contributed by atoms with E-state index >= 15 is 0 Å². The second-order valence-electron chi connectivity index (χ2n) is 6.78. The van der Waals surface area contributed by atoms with E-state index in [1.165, 1.54) is 11.3 Å². The lowest BCUT2D eigenvalue weighted by atomic mass is 10.1. The van der Waals surface area contributed by atoms with E-state index in [0.29, 0.717) is 17.8 Å². The fraction of sp³-hybridized carbons (Fsp3) is 0.350. The van der Waals surface area contributed by atoms with Crippen molar-refractivity contribution in [3.05, 3.63) is 51.7 Å². The second kappa shape index (κ2) is 7.40. The first kappa shape index (κ1) is 18.1. The first-order chi connectivity index (χ1) is 13.1. The van der Waals surface area contributed by atoms with E-state index in [1.54, 1.807) is 21.1 Å². The second-order valence-corrected chi connectivity index (χ2v) is 8.79.